The van der Waals surface area contributed by atoms with E-state index in [1.807, 2.05) is 24.3 Å². The molecule has 2 aromatic carbocycles. The lowest BCUT2D eigenvalue weighted by Crippen LogP contribution is -2.29. The van der Waals surface area contributed by atoms with Crippen molar-refractivity contribution in [1.29, 1.82) is 0 Å². The first-order valence-electron chi connectivity index (χ1n) is 8.17. The second kappa shape index (κ2) is 7.60. The molecule has 1 fully saturated rings. The van der Waals surface area contributed by atoms with E-state index in [1.54, 1.807) is 7.11 Å². The number of hydrogen-bond acceptors (Lipinski definition) is 3. The minimum absolute atomic E-state index is 0.747. The maximum absolute atomic E-state index is 6.49. The van der Waals surface area contributed by atoms with Crippen LogP contribution in [0.25, 0.3) is 0 Å². The Labute approximate surface area is 143 Å². The second-order valence-corrected chi connectivity index (χ2v) is 6.33. The molecule has 0 spiro atoms. The average molecular weight is 331 g/mol. The van der Waals surface area contributed by atoms with Gasteiger partial charge < -0.3 is 15.0 Å². The monoisotopic (exact) mass is 330 g/mol. The highest BCUT2D eigenvalue weighted by molar-refractivity contribution is 6.33. The van der Waals surface area contributed by atoms with Gasteiger partial charge in [0.25, 0.3) is 0 Å². The lowest BCUT2D eigenvalue weighted by Gasteiger charge is -2.29. The first kappa shape index (κ1) is 16.0. The van der Waals surface area contributed by atoms with Crippen molar-refractivity contribution in [3.63, 3.8) is 0 Å². The molecule has 4 heteroatoms. The van der Waals surface area contributed by atoms with Crippen molar-refractivity contribution in [2.75, 3.05) is 30.4 Å². The fraction of sp³-hybridized carbons (Fsp3) is 0.368. The summed E-state index contributed by atoms with van der Waals surface area (Å²) in [6.07, 6.45) is 3.84. The highest BCUT2D eigenvalue weighted by atomic mass is 35.5. The molecule has 3 rings (SSSR count). The van der Waals surface area contributed by atoms with Crippen LogP contribution in [0.4, 0.5) is 11.4 Å². The van der Waals surface area contributed by atoms with Crippen molar-refractivity contribution in [3.05, 3.63) is 53.1 Å². The standard InChI is InChI=1S/C19H23ClN2O/c1-23-17-7-5-6-15(12-17)14-21-16-8-9-19(18(20)13-16)22-10-3-2-4-11-22/h5-9,12-13,21H,2-4,10-11,14H2,1H3. The van der Waals surface area contributed by atoms with Crippen LogP contribution in [0.5, 0.6) is 5.75 Å². The summed E-state index contributed by atoms with van der Waals surface area (Å²) in [5, 5.41) is 4.25. The Morgan fingerprint density at radius 3 is 2.65 bits per heavy atom. The molecule has 1 N–H and O–H groups in total. The number of nitrogens with zero attached hydrogens (tertiary/aromatic N) is 1. The molecule has 0 unspecified atom stereocenters. The maximum Gasteiger partial charge on any atom is 0.119 e. The van der Waals surface area contributed by atoms with Crippen molar-refractivity contribution in [1.82, 2.24) is 0 Å². The lowest BCUT2D eigenvalue weighted by molar-refractivity contribution is 0.414. The summed E-state index contributed by atoms with van der Waals surface area (Å²) in [5.74, 6) is 0.878. The van der Waals surface area contributed by atoms with Crippen LogP contribution < -0.4 is 15.0 Å². The van der Waals surface area contributed by atoms with Gasteiger partial charge in [0.05, 0.1) is 17.8 Å². The van der Waals surface area contributed by atoms with Crippen molar-refractivity contribution < 1.29 is 4.74 Å². The van der Waals surface area contributed by atoms with Gasteiger partial charge in [-0.25, -0.2) is 0 Å². The Morgan fingerprint density at radius 1 is 1.09 bits per heavy atom. The summed E-state index contributed by atoms with van der Waals surface area (Å²) >= 11 is 6.49. The van der Waals surface area contributed by atoms with E-state index in [4.69, 9.17) is 16.3 Å². The van der Waals surface area contributed by atoms with Crippen LogP contribution in [-0.2, 0) is 6.54 Å². The summed E-state index contributed by atoms with van der Waals surface area (Å²) in [7, 11) is 1.69. The van der Waals surface area contributed by atoms with Crippen molar-refractivity contribution in [3.8, 4) is 5.75 Å². The van der Waals surface area contributed by atoms with E-state index in [1.165, 1.54) is 24.8 Å². The molecule has 1 aliphatic heterocycles. The number of methoxy groups -OCH3 is 1. The van der Waals surface area contributed by atoms with Crippen LogP contribution in [0.1, 0.15) is 24.8 Å². The SMILES string of the molecule is COc1cccc(CNc2ccc(N3CCCCC3)c(Cl)c2)c1. The number of rotatable bonds is 5. The highest BCUT2D eigenvalue weighted by Crippen LogP contribution is 2.31. The normalized spacial score (nSPS) is 14.6. The Morgan fingerprint density at radius 2 is 1.91 bits per heavy atom. The quantitative estimate of drug-likeness (QED) is 0.839. The predicted molar refractivity (Wildman–Crippen MR) is 97.8 cm³/mol. The van der Waals surface area contributed by atoms with Gasteiger partial charge in [0.15, 0.2) is 0 Å². The molecule has 122 valence electrons. The number of anilines is 2. The third-order valence-electron chi connectivity index (χ3n) is 4.28. The zero-order chi connectivity index (χ0) is 16.1. The summed E-state index contributed by atoms with van der Waals surface area (Å²) in [5.41, 5.74) is 3.37. The molecule has 0 radical (unpaired) electrons. The zero-order valence-electron chi connectivity index (χ0n) is 13.5. The van der Waals surface area contributed by atoms with Gasteiger partial charge in [-0.15, -0.1) is 0 Å². The molecule has 0 aromatic heterocycles. The van der Waals surface area contributed by atoms with E-state index in [0.29, 0.717) is 0 Å². The number of benzene rings is 2. The van der Waals surface area contributed by atoms with E-state index in [0.717, 1.165) is 41.8 Å². The number of ether oxygens (including phenoxy) is 1. The van der Waals surface area contributed by atoms with Crippen LogP contribution in [0.15, 0.2) is 42.5 Å². The summed E-state index contributed by atoms with van der Waals surface area (Å²) in [4.78, 5) is 2.39. The van der Waals surface area contributed by atoms with Crippen molar-refractivity contribution in [2.45, 2.75) is 25.8 Å². The fourth-order valence-electron chi connectivity index (χ4n) is 2.99. The van der Waals surface area contributed by atoms with Crippen LogP contribution in [0.2, 0.25) is 5.02 Å². The van der Waals surface area contributed by atoms with Crippen LogP contribution >= 0.6 is 11.6 Å². The molecule has 23 heavy (non-hydrogen) atoms. The van der Waals surface area contributed by atoms with E-state index < -0.39 is 0 Å². The molecule has 0 saturated carbocycles. The van der Waals surface area contributed by atoms with Gasteiger partial charge in [-0.3, -0.25) is 0 Å². The van der Waals surface area contributed by atoms with E-state index in [2.05, 4.69) is 28.4 Å². The molecular formula is C19H23ClN2O. The lowest BCUT2D eigenvalue weighted by atomic mass is 10.1. The van der Waals surface area contributed by atoms with E-state index >= 15 is 0 Å². The fourth-order valence-corrected chi connectivity index (χ4v) is 3.29. The average Bonchev–Trinajstić information content (AvgIpc) is 2.61. The summed E-state index contributed by atoms with van der Waals surface area (Å²) in [6.45, 7) is 2.96. The van der Waals surface area contributed by atoms with Crippen LogP contribution in [0.3, 0.4) is 0 Å². The number of hydrogen-bond donors (Lipinski definition) is 1. The van der Waals surface area contributed by atoms with Gasteiger partial charge in [0, 0.05) is 25.3 Å². The summed E-state index contributed by atoms with van der Waals surface area (Å²) in [6, 6.07) is 14.3. The van der Waals surface area contributed by atoms with E-state index in [-0.39, 0.29) is 0 Å². The van der Waals surface area contributed by atoms with Gasteiger partial charge in [0.1, 0.15) is 5.75 Å². The molecule has 0 bridgehead atoms. The molecule has 1 heterocycles. The van der Waals surface area contributed by atoms with Crippen LogP contribution in [0, 0.1) is 0 Å². The predicted octanol–water partition coefficient (Wildman–Crippen LogP) is 4.95. The highest BCUT2D eigenvalue weighted by Gasteiger charge is 2.13. The Hall–Kier alpha value is -1.87. The molecule has 1 aliphatic rings. The molecular weight excluding hydrogens is 308 g/mol. The molecule has 0 atom stereocenters. The largest absolute Gasteiger partial charge is 0.497 e. The molecule has 2 aromatic rings. The third-order valence-corrected chi connectivity index (χ3v) is 4.58. The second-order valence-electron chi connectivity index (χ2n) is 5.92. The Balaban J connectivity index is 1.65. The van der Waals surface area contributed by atoms with E-state index in [9.17, 15) is 0 Å². The minimum atomic E-state index is 0.747. The Bertz CT molecular complexity index is 654. The maximum atomic E-state index is 6.49. The van der Waals surface area contributed by atoms with Gasteiger partial charge in [0.2, 0.25) is 0 Å². The van der Waals surface area contributed by atoms with Gasteiger partial charge in [-0.1, -0.05) is 23.7 Å². The van der Waals surface area contributed by atoms with Gasteiger partial charge in [-0.05, 0) is 55.2 Å². The smallest absolute Gasteiger partial charge is 0.119 e. The van der Waals surface area contributed by atoms with Crippen LogP contribution in [-0.4, -0.2) is 20.2 Å². The minimum Gasteiger partial charge on any atom is -0.497 e. The van der Waals surface area contributed by atoms with Crippen molar-refractivity contribution in [2.24, 2.45) is 0 Å². The topological polar surface area (TPSA) is 24.5 Å². The number of nitrogens with one attached hydrogen (secondary N) is 1. The molecule has 0 aliphatic carbocycles. The number of piperidine rings is 1. The molecule has 0 amide bonds. The number of halogens is 1. The van der Waals surface area contributed by atoms with Gasteiger partial charge in [-0.2, -0.15) is 0 Å². The Kier molecular flexibility index (Phi) is 5.29. The first-order chi connectivity index (χ1) is 11.3. The summed E-state index contributed by atoms with van der Waals surface area (Å²) < 4.78 is 5.25. The molecule has 3 nitrogen and oxygen atoms in total. The van der Waals surface area contributed by atoms with Crippen molar-refractivity contribution >= 4 is 23.0 Å². The van der Waals surface area contributed by atoms with Gasteiger partial charge >= 0.3 is 0 Å². The zero-order valence-corrected chi connectivity index (χ0v) is 14.3. The first-order valence-corrected chi connectivity index (χ1v) is 8.55. The third kappa shape index (κ3) is 4.11. The molecule has 1 saturated heterocycles.